The van der Waals surface area contributed by atoms with Gasteiger partial charge >= 0.3 is 0 Å². The lowest BCUT2D eigenvalue weighted by molar-refractivity contribution is 0.372. The van der Waals surface area contributed by atoms with Gasteiger partial charge in [0.25, 0.3) is 0 Å². The van der Waals surface area contributed by atoms with Crippen LogP contribution in [0.5, 0.6) is 0 Å². The smallest absolute Gasteiger partial charge is 0.120 e. The maximum atomic E-state index is 8.86. The molecule has 0 aromatic carbocycles. The van der Waals surface area contributed by atoms with Crippen molar-refractivity contribution in [2.24, 2.45) is 7.05 Å². The summed E-state index contributed by atoms with van der Waals surface area (Å²) in [6.07, 6.45) is 8.75. The molecule has 16 heavy (non-hydrogen) atoms. The first kappa shape index (κ1) is 11.2. The lowest BCUT2D eigenvalue weighted by Gasteiger charge is -2.22. The molecule has 0 unspecified atom stereocenters. The number of hydrogen-bond donors (Lipinski definition) is 1. The zero-order chi connectivity index (χ0) is 11.4. The molecule has 0 bridgehead atoms. The minimum absolute atomic E-state index is 0.680. The van der Waals surface area contributed by atoms with Crippen molar-refractivity contribution in [3.63, 3.8) is 0 Å². The average Bonchev–Trinajstić information content (AvgIpc) is 2.69. The molecule has 0 spiro atoms. The minimum Gasteiger partial charge on any atom is -0.342 e. The third-order valence-electron chi connectivity index (χ3n) is 3.38. The van der Waals surface area contributed by atoms with E-state index in [1.54, 1.807) is 0 Å². The molecule has 86 valence electrons. The molecule has 2 rings (SSSR count). The monoisotopic (exact) mass is 217 g/mol. The Morgan fingerprint density at radius 3 is 2.81 bits per heavy atom. The average molecular weight is 217 g/mol. The number of nitrogens with one attached hydrogen (secondary N) is 1. The van der Waals surface area contributed by atoms with Gasteiger partial charge in [-0.05, 0) is 24.5 Å². The predicted molar refractivity (Wildman–Crippen MR) is 63.8 cm³/mol. The normalized spacial score (nSPS) is 17.2. The second-order valence-electron chi connectivity index (χ2n) is 4.67. The van der Waals surface area contributed by atoms with E-state index in [1.807, 2.05) is 23.9 Å². The molecule has 0 atom stereocenters. The highest BCUT2D eigenvalue weighted by Crippen LogP contribution is 2.18. The molecule has 0 amide bonds. The Morgan fingerprint density at radius 1 is 1.44 bits per heavy atom. The molecule has 3 nitrogen and oxygen atoms in total. The third-order valence-corrected chi connectivity index (χ3v) is 3.38. The standard InChI is InChI=1S/C13H19N3/c1-16-10-11(7-13(16)8-14)9-15-12-5-3-2-4-6-12/h7,10,12,15H,2-6,9H2,1H3. The van der Waals surface area contributed by atoms with Gasteiger partial charge in [-0.25, -0.2) is 0 Å². The van der Waals surface area contributed by atoms with Crippen molar-refractivity contribution in [3.05, 3.63) is 23.5 Å². The van der Waals surface area contributed by atoms with E-state index >= 15 is 0 Å². The molecule has 1 heterocycles. The van der Waals surface area contributed by atoms with Gasteiger partial charge in [0.15, 0.2) is 0 Å². The lowest BCUT2D eigenvalue weighted by Crippen LogP contribution is -2.30. The molecule has 0 aliphatic heterocycles. The molecule has 1 aliphatic carbocycles. The van der Waals surface area contributed by atoms with Crippen LogP contribution < -0.4 is 5.32 Å². The molecule has 1 fully saturated rings. The summed E-state index contributed by atoms with van der Waals surface area (Å²) < 4.78 is 1.89. The van der Waals surface area contributed by atoms with Crippen molar-refractivity contribution in [2.75, 3.05) is 0 Å². The summed E-state index contributed by atoms with van der Waals surface area (Å²) in [5, 5.41) is 12.4. The molecule has 1 N–H and O–H groups in total. The maximum absolute atomic E-state index is 8.86. The summed E-state index contributed by atoms with van der Waals surface area (Å²) in [5.74, 6) is 0. The molecule has 1 aromatic rings. The molecule has 1 aliphatic rings. The van der Waals surface area contributed by atoms with Gasteiger partial charge in [-0.1, -0.05) is 19.3 Å². The summed E-state index contributed by atoms with van der Waals surface area (Å²) in [6, 6.07) is 4.84. The second kappa shape index (κ2) is 5.18. The van der Waals surface area contributed by atoms with Gasteiger partial charge in [0.2, 0.25) is 0 Å². The van der Waals surface area contributed by atoms with Crippen LogP contribution in [0.4, 0.5) is 0 Å². The second-order valence-corrected chi connectivity index (χ2v) is 4.67. The maximum Gasteiger partial charge on any atom is 0.120 e. The zero-order valence-corrected chi connectivity index (χ0v) is 9.87. The van der Waals surface area contributed by atoms with Crippen LogP contribution >= 0.6 is 0 Å². The topological polar surface area (TPSA) is 40.8 Å². The van der Waals surface area contributed by atoms with E-state index < -0.39 is 0 Å². The van der Waals surface area contributed by atoms with Crippen molar-refractivity contribution >= 4 is 0 Å². The van der Waals surface area contributed by atoms with Crippen molar-refractivity contribution in [1.29, 1.82) is 5.26 Å². The molecular formula is C13H19N3. The summed E-state index contributed by atoms with van der Waals surface area (Å²) >= 11 is 0. The number of nitriles is 1. The van der Waals surface area contributed by atoms with Crippen LogP contribution in [0.3, 0.4) is 0 Å². The number of nitrogens with zero attached hydrogens (tertiary/aromatic N) is 2. The van der Waals surface area contributed by atoms with E-state index in [9.17, 15) is 0 Å². The quantitative estimate of drug-likeness (QED) is 0.844. The van der Waals surface area contributed by atoms with E-state index in [2.05, 4.69) is 11.4 Å². The van der Waals surface area contributed by atoms with Crippen LogP contribution in [0.2, 0.25) is 0 Å². The molecule has 3 heteroatoms. The molecule has 1 aromatic heterocycles. The summed E-state index contributed by atoms with van der Waals surface area (Å²) in [6.45, 7) is 0.889. The van der Waals surface area contributed by atoms with E-state index in [1.165, 1.54) is 37.7 Å². The number of hydrogen-bond acceptors (Lipinski definition) is 2. The molecular weight excluding hydrogens is 198 g/mol. The van der Waals surface area contributed by atoms with Gasteiger partial charge < -0.3 is 9.88 Å². The van der Waals surface area contributed by atoms with E-state index in [0.717, 1.165) is 12.2 Å². The summed E-state index contributed by atoms with van der Waals surface area (Å²) in [4.78, 5) is 0. The Hall–Kier alpha value is -1.27. The Balaban J connectivity index is 1.86. The number of aryl methyl sites for hydroxylation is 1. The number of aromatic nitrogens is 1. The van der Waals surface area contributed by atoms with Crippen LogP contribution in [-0.4, -0.2) is 10.6 Å². The first-order chi connectivity index (χ1) is 7.79. The zero-order valence-electron chi connectivity index (χ0n) is 9.87. The minimum atomic E-state index is 0.680. The summed E-state index contributed by atoms with van der Waals surface area (Å²) in [5.41, 5.74) is 1.95. The third kappa shape index (κ3) is 2.65. The molecule has 0 radical (unpaired) electrons. The van der Waals surface area contributed by atoms with Crippen LogP contribution in [-0.2, 0) is 13.6 Å². The fourth-order valence-electron chi connectivity index (χ4n) is 2.41. The molecule has 1 saturated carbocycles. The molecule has 0 saturated heterocycles. The first-order valence-corrected chi connectivity index (χ1v) is 6.08. The Labute approximate surface area is 97.1 Å². The van der Waals surface area contributed by atoms with Crippen LogP contribution in [0.25, 0.3) is 0 Å². The van der Waals surface area contributed by atoms with Gasteiger partial charge in [0, 0.05) is 25.8 Å². The Kier molecular flexibility index (Phi) is 3.63. The van der Waals surface area contributed by atoms with Crippen molar-refractivity contribution < 1.29 is 0 Å². The largest absolute Gasteiger partial charge is 0.342 e. The van der Waals surface area contributed by atoms with Gasteiger partial charge in [-0.15, -0.1) is 0 Å². The van der Waals surface area contributed by atoms with Crippen molar-refractivity contribution in [3.8, 4) is 6.07 Å². The first-order valence-electron chi connectivity index (χ1n) is 6.08. The van der Waals surface area contributed by atoms with E-state index in [4.69, 9.17) is 5.26 Å². The van der Waals surface area contributed by atoms with Gasteiger partial charge in [-0.3, -0.25) is 0 Å². The fourth-order valence-corrected chi connectivity index (χ4v) is 2.41. The SMILES string of the molecule is Cn1cc(CNC2CCCCC2)cc1C#N. The lowest BCUT2D eigenvalue weighted by atomic mass is 9.95. The van der Waals surface area contributed by atoms with Crippen molar-refractivity contribution in [1.82, 2.24) is 9.88 Å². The highest BCUT2D eigenvalue weighted by molar-refractivity contribution is 5.28. The fraction of sp³-hybridized carbons (Fsp3) is 0.615. The van der Waals surface area contributed by atoms with Gasteiger partial charge in [0.05, 0.1) is 0 Å². The van der Waals surface area contributed by atoms with Crippen molar-refractivity contribution in [2.45, 2.75) is 44.7 Å². The van der Waals surface area contributed by atoms with Gasteiger partial charge in [-0.2, -0.15) is 5.26 Å². The predicted octanol–water partition coefficient (Wildman–Crippen LogP) is 2.32. The van der Waals surface area contributed by atoms with Gasteiger partial charge in [0.1, 0.15) is 11.8 Å². The summed E-state index contributed by atoms with van der Waals surface area (Å²) in [7, 11) is 1.92. The van der Waals surface area contributed by atoms with E-state index in [0.29, 0.717) is 6.04 Å². The van der Waals surface area contributed by atoms with Crippen LogP contribution in [0.15, 0.2) is 12.3 Å². The number of rotatable bonds is 3. The highest BCUT2D eigenvalue weighted by Gasteiger charge is 2.12. The Bertz CT molecular complexity index is 380. The Morgan fingerprint density at radius 2 is 2.19 bits per heavy atom. The van der Waals surface area contributed by atoms with Crippen LogP contribution in [0.1, 0.15) is 43.4 Å². The van der Waals surface area contributed by atoms with Crippen LogP contribution in [0, 0.1) is 11.3 Å². The highest BCUT2D eigenvalue weighted by atomic mass is 14.9. The van der Waals surface area contributed by atoms with E-state index in [-0.39, 0.29) is 0 Å².